The molecule has 0 aliphatic rings. The Morgan fingerprint density at radius 3 is 2.62 bits per heavy atom. The number of benzene rings is 2. The Morgan fingerprint density at radius 2 is 1.86 bits per heavy atom. The second kappa shape index (κ2) is 5.99. The molecule has 0 aliphatic heterocycles. The second-order valence-corrected chi connectivity index (χ2v) is 6.05. The predicted molar refractivity (Wildman–Crippen MR) is 89.6 cm³/mol. The van der Waals surface area contributed by atoms with Crippen LogP contribution in [0.15, 0.2) is 54.7 Å². The van der Waals surface area contributed by atoms with Crippen LogP contribution in [-0.2, 0) is 0 Å². The monoisotopic (exact) mass is 410 g/mol. The molecule has 104 valence electrons. The third-order valence-electron chi connectivity index (χ3n) is 3.02. The van der Waals surface area contributed by atoms with Crippen molar-refractivity contribution in [1.29, 1.82) is 0 Å². The van der Waals surface area contributed by atoms with Crippen molar-refractivity contribution >= 4 is 51.1 Å². The molecule has 1 N–H and O–H groups in total. The highest BCUT2D eigenvalue weighted by atomic mass is 127. The first-order valence-electron chi connectivity index (χ1n) is 6.22. The molecule has 0 radical (unpaired) electrons. The van der Waals surface area contributed by atoms with Gasteiger partial charge in [0.1, 0.15) is 0 Å². The Bertz CT molecular complexity index is 818. The normalized spacial score (nSPS) is 10.6. The highest BCUT2D eigenvalue weighted by Gasteiger charge is 2.16. The van der Waals surface area contributed by atoms with Crippen LogP contribution in [0.1, 0.15) is 10.4 Å². The number of ether oxygens (including phenoxy) is 1. The van der Waals surface area contributed by atoms with Crippen LogP contribution < -0.4 is 9.72 Å². The smallest absolute Gasteiger partial charge is 0.343 e. The van der Waals surface area contributed by atoms with Gasteiger partial charge in [0.05, 0.1) is 16.0 Å². The molecule has 0 aliphatic carbocycles. The minimum atomic E-state index is -0.396. The minimum absolute atomic E-state index is 0.396. The van der Waals surface area contributed by atoms with Crippen LogP contribution in [0.2, 0.25) is 5.02 Å². The van der Waals surface area contributed by atoms with Crippen molar-refractivity contribution in [3.8, 4) is 5.75 Å². The van der Waals surface area contributed by atoms with E-state index in [9.17, 15) is 4.79 Å². The molecule has 3 aromatic rings. The first-order valence-corrected chi connectivity index (χ1v) is 7.67. The minimum Gasteiger partial charge on any atom is -0.416 e. The summed E-state index contributed by atoms with van der Waals surface area (Å²) in [6.45, 7) is 0. The van der Waals surface area contributed by atoms with Crippen molar-refractivity contribution in [1.82, 2.24) is 0 Å². The maximum Gasteiger partial charge on any atom is 0.343 e. The maximum absolute atomic E-state index is 12.2. The van der Waals surface area contributed by atoms with Gasteiger partial charge in [-0.3, -0.25) is 0 Å². The van der Waals surface area contributed by atoms with Crippen LogP contribution in [0.5, 0.6) is 5.75 Å². The van der Waals surface area contributed by atoms with Crippen molar-refractivity contribution in [3.63, 3.8) is 0 Å². The number of hydrogen-bond donors (Lipinski definition) is 0. The molecule has 1 aromatic heterocycles. The highest BCUT2D eigenvalue weighted by molar-refractivity contribution is 14.1. The summed E-state index contributed by atoms with van der Waals surface area (Å²) < 4.78 is 6.54. The van der Waals surface area contributed by atoms with E-state index in [0.717, 1.165) is 8.96 Å². The summed E-state index contributed by atoms with van der Waals surface area (Å²) >= 11 is 8.33. The van der Waals surface area contributed by atoms with E-state index in [4.69, 9.17) is 16.3 Å². The zero-order valence-corrected chi connectivity index (χ0v) is 13.7. The molecule has 2 aromatic carbocycles. The van der Waals surface area contributed by atoms with Gasteiger partial charge in [-0.2, -0.15) is 0 Å². The van der Waals surface area contributed by atoms with E-state index in [0.29, 0.717) is 21.9 Å². The Balaban J connectivity index is 1.97. The largest absolute Gasteiger partial charge is 0.416 e. The third-order valence-corrected chi connectivity index (χ3v) is 4.07. The summed E-state index contributed by atoms with van der Waals surface area (Å²) in [5, 5.41) is 1.42. The topological polar surface area (TPSA) is 40.4 Å². The number of pyridine rings is 1. The molecule has 3 rings (SSSR count). The number of halogens is 2. The molecule has 1 heterocycles. The first-order chi connectivity index (χ1) is 10.1. The number of carbonyl (C=O) groups is 1. The lowest BCUT2D eigenvalue weighted by Crippen LogP contribution is -2.11. The third kappa shape index (κ3) is 3.01. The molecular weight excluding hydrogens is 401 g/mol. The molecule has 0 saturated carbocycles. The van der Waals surface area contributed by atoms with Crippen molar-refractivity contribution in [2.75, 3.05) is 0 Å². The lowest BCUT2D eigenvalue weighted by Gasteiger charge is -2.05. The van der Waals surface area contributed by atoms with Gasteiger partial charge in [-0.05, 0) is 65.1 Å². The molecule has 0 spiro atoms. The number of H-pyrrole nitrogens is 1. The summed E-state index contributed by atoms with van der Waals surface area (Å²) in [7, 11) is 0. The molecule has 0 bridgehead atoms. The number of hydrogen-bond acceptors (Lipinski definition) is 2. The number of rotatable bonds is 2. The quantitative estimate of drug-likeness (QED) is 0.362. The zero-order chi connectivity index (χ0) is 14.8. The van der Waals surface area contributed by atoms with Gasteiger partial charge in [0, 0.05) is 9.64 Å². The molecule has 0 atom stereocenters. The maximum atomic E-state index is 12.2. The average molecular weight is 411 g/mol. The van der Waals surface area contributed by atoms with Gasteiger partial charge >= 0.3 is 5.97 Å². The average Bonchev–Trinajstić information content (AvgIpc) is 2.51. The Hall–Kier alpha value is -1.66. The summed E-state index contributed by atoms with van der Waals surface area (Å²) in [6.07, 6.45) is 1.76. The van der Waals surface area contributed by atoms with Gasteiger partial charge in [0.25, 0.3) is 5.52 Å². The Labute approximate surface area is 140 Å². The van der Waals surface area contributed by atoms with E-state index in [1.165, 1.54) is 0 Å². The van der Waals surface area contributed by atoms with E-state index >= 15 is 0 Å². The molecule has 3 nitrogen and oxygen atoms in total. The van der Waals surface area contributed by atoms with Crippen LogP contribution >= 0.6 is 34.2 Å². The van der Waals surface area contributed by atoms with Gasteiger partial charge in [-0.15, -0.1) is 0 Å². The van der Waals surface area contributed by atoms with Crippen LogP contribution in [0.4, 0.5) is 0 Å². The van der Waals surface area contributed by atoms with Crippen molar-refractivity contribution in [3.05, 3.63) is 68.9 Å². The van der Waals surface area contributed by atoms with Crippen molar-refractivity contribution in [2.45, 2.75) is 0 Å². The molecule has 0 amide bonds. The molecular formula is C16H10ClINO2+. The molecule has 0 unspecified atom stereocenters. The number of nitrogens with one attached hydrogen (secondary N) is 1. The Kier molecular flexibility index (Phi) is 4.07. The number of aromatic nitrogens is 1. The second-order valence-electron chi connectivity index (χ2n) is 4.40. The molecule has 5 heteroatoms. The lowest BCUT2D eigenvalue weighted by molar-refractivity contribution is -0.345. The van der Waals surface area contributed by atoms with Gasteiger partial charge in [0.2, 0.25) is 5.75 Å². The number of fused-ring (bicyclic) bond motifs is 1. The molecule has 21 heavy (non-hydrogen) atoms. The Morgan fingerprint density at radius 1 is 1.10 bits per heavy atom. The van der Waals surface area contributed by atoms with Gasteiger partial charge in [-0.25, -0.2) is 9.78 Å². The van der Waals surface area contributed by atoms with Crippen LogP contribution in [0, 0.1) is 3.57 Å². The van der Waals surface area contributed by atoms with E-state index in [-0.39, 0.29) is 0 Å². The van der Waals surface area contributed by atoms with E-state index < -0.39 is 5.97 Å². The first kappa shape index (κ1) is 14.3. The fourth-order valence-electron chi connectivity index (χ4n) is 1.99. The van der Waals surface area contributed by atoms with Crippen molar-refractivity contribution in [2.24, 2.45) is 0 Å². The van der Waals surface area contributed by atoms with E-state index in [1.54, 1.807) is 30.5 Å². The summed E-state index contributed by atoms with van der Waals surface area (Å²) in [4.78, 5) is 15.2. The molecule has 0 saturated heterocycles. The van der Waals surface area contributed by atoms with Crippen molar-refractivity contribution < 1.29 is 14.5 Å². The van der Waals surface area contributed by atoms with Gasteiger partial charge < -0.3 is 4.74 Å². The summed E-state index contributed by atoms with van der Waals surface area (Å²) in [5.74, 6) is 0.0609. The summed E-state index contributed by atoms with van der Waals surface area (Å²) in [5.41, 5.74) is 1.21. The van der Waals surface area contributed by atoms with E-state index in [1.807, 2.05) is 24.3 Å². The van der Waals surface area contributed by atoms with Gasteiger partial charge in [-0.1, -0.05) is 11.6 Å². The number of aromatic amines is 1. The molecule has 0 fully saturated rings. The summed E-state index contributed by atoms with van der Waals surface area (Å²) in [6, 6.07) is 14.3. The lowest BCUT2D eigenvalue weighted by atomic mass is 10.2. The highest BCUT2D eigenvalue weighted by Crippen LogP contribution is 2.28. The van der Waals surface area contributed by atoms with E-state index in [2.05, 4.69) is 27.6 Å². The predicted octanol–water partition coefficient (Wildman–Crippen LogP) is 4.13. The zero-order valence-electron chi connectivity index (χ0n) is 10.8. The number of esters is 1. The SMILES string of the molecule is O=C(Oc1ccc(Cl)c2ccc[nH+]c12)c1ccc(I)cc1. The van der Waals surface area contributed by atoms with Gasteiger partial charge in [0.15, 0.2) is 6.20 Å². The fraction of sp³-hybridized carbons (Fsp3) is 0. The van der Waals surface area contributed by atoms with Crippen LogP contribution in [0.3, 0.4) is 0 Å². The standard InChI is InChI=1S/C16H9ClINO2/c17-13-7-8-14(15-12(13)2-1-9-19-15)21-16(20)10-3-5-11(18)6-4-10/h1-9H/p+1. The van der Waals surface area contributed by atoms with Crippen LogP contribution in [0.25, 0.3) is 10.9 Å². The number of carbonyl (C=O) groups excluding carboxylic acids is 1. The fourth-order valence-corrected chi connectivity index (χ4v) is 2.57. The van der Waals surface area contributed by atoms with Crippen LogP contribution in [-0.4, -0.2) is 5.97 Å².